The summed E-state index contributed by atoms with van der Waals surface area (Å²) < 4.78 is 5.48. The van der Waals surface area contributed by atoms with Crippen LogP contribution in [0.3, 0.4) is 0 Å². The van der Waals surface area contributed by atoms with Gasteiger partial charge in [-0.25, -0.2) is 0 Å². The standard InChI is InChI=1S/C14H22ClNO3/c1-10-6-12(4-5-13(10)15)19-8-11(17)7-16-9-14(2,3)18/h4-6,11,16-18H,7-9H2,1-3H3. The van der Waals surface area contributed by atoms with E-state index in [1.54, 1.807) is 26.0 Å². The van der Waals surface area contributed by atoms with Crippen molar-refractivity contribution < 1.29 is 14.9 Å². The molecule has 0 heterocycles. The Morgan fingerprint density at radius 2 is 2.11 bits per heavy atom. The quantitative estimate of drug-likeness (QED) is 0.715. The van der Waals surface area contributed by atoms with Crippen LogP contribution < -0.4 is 10.1 Å². The van der Waals surface area contributed by atoms with Crippen LogP contribution in [0.1, 0.15) is 19.4 Å². The molecule has 0 bridgehead atoms. The summed E-state index contributed by atoms with van der Waals surface area (Å²) in [6.45, 7) is 6.30. The molecular formula is C14H22ClNO3. The number of aryl methyl sites for hydroxylation is 1. The molecule has 0 saturated heterocycles. The smallest absolute Gasteiger partial charge is 0.119 e. The number of benzene rings is 1. The maximum absolute atomic E-state index is 9.74. The fourth-order valence-corrected chi connectivity index (χ4v) is 1.62. The van der Waals surface area contributed by atoms with E-state index in [2.05, 4.69) is 5.32 Å². The van der Waals surface area contributed by atoms with Crippen LogP contribution in [0.4, 0.5) is 0 Å². The lowest BCUT2D eigenvalue weighted by molar-refractivity contribution is 0.0665. The van der Waals surface area contributed by atoms with E-state index in [1.165, 1.54) is 0 Å². The summed E-state index contributed by atoms with van der Waals surface area (Å²) in [5.74, 6) is 0.684. The Morgan fingerprint density at radius 1 is 1.42 bits per heavy atom. The molecule has 1 rings (SSSR count). The van der Waals surface area contributed by atoms with E-state index in [4.69, 9.17) is 16.3 Å². The lowest BCUT2D eigenvalue weighted by atomic mass is 10.1. The van der Waals surface area contributed by atoms with Crippen molar-refractivity contribution in [2.75, 3.05) is 19.7 Å². The molecule has 0 saturated carbocycles. The lowest BCUT2D eigenvalue weighted by Crippen LogP contribution is -2.40. The second-order valence-corrected chi connectivity index (χ2v) is 5.73. The average molecular weight is 288 g/mol. The number of nitrogens with one attached hydrogen (secondary N) is 1. The molecule has 0 radical (unpaired) electrons. The zero-order chi connectivity index (χ0) is 14.5. The maximum atomic E-state index is 9.74. The fraction of sp³-hybridized carbons (Fsp3) is 0.571. The molecule has 0 aromatic heterocycles. The molecule has 1 atom stereocenters. The number of halogens is 1. The summed E-state index contributed by atoms with van der Waals surface area (Å²) in [6, 6.07) is 5.37. The zero-order valence-corrected chi connectivity index (χ0v) is 12.4. The summed E-state index contributed by atoms with van der Waals surface area (Å²) in [4.78, 5) is 0. The van der Waals surface area contributed by atoms with Crippen LogP contribution >= 0.6 is 11.6 Å². The zero-order valence-electron chi connectivity index (χ0n) is 11.6. The second kappa shape index (κ2) is 7.10. The van der Waals surface area contributed by atoms with E-state index in [0.29, 0.717) is 23.9 Å². The van der Waals surface area contributed by atoms with Crippen molar-refractivity contribution in [2.24, 2.45) is 0 Å². The highest BCUT2D eigenvalue weighted by Crippen LogP contribution is 2.21. The molecule has 0 fully saturated rings. The van der Waals surface area contributed by atoms with E-state index in [1.807, 2.05) is 13.0 Å². The normalized spacial score (nSPS) is 13.4. The monoisotopic (exact) mass is 287 g/mol. The minimum atomic E-state index is -0.784. The van der Waals surface area contributed by atoms with Gasteiger partial charge in [0.15, 0.2) is 0 Å². The predicted octanol–water partition coefficient (Wildman–Crippen LogP) is 1.75. The third-order valence-corrected chi connectivity index (χ3v) is 2.93. The van der Waals surface area contributed by atoms with Crippen LogP contribution in [0.5, 0.6) is 5.75 Å². The van der Waals surface area contributed by atoms with Crippen molar-refractivity contribution in [1.82, 2.24) is 5.32 Å². The molecule has 4 nitrogen and oxygen atoms in total. The molecule has 5 heteroatoms. The van der Waals surface area contributed by atoms with Crippen LogP contribution in [0, 0.1) is 6.92 Å². The van der Waals surface area contributed by atoms with E-state index in [-0.39, 0.29) is 6.61 Å². The second-order valence-electron chi connectivity index (χ2n) is 5.32. The number of ether oxygens (including phenoxy) is 1. The van der Waals surface area contributed by atoms with Gasteiger partial charge in [0.2, 0.25) is 0 Å². The molecular weight excluding hydrogens is 266 g/mol. The summed E-state index contributed by atoms with van der Waals surface area (Å²) in [5, 5.41) is 22.9. The third-order valence-electron chi connectivity index (χ3n) is 2.51. The summed E-state index contributed by atoms with van der Waals surface area (Å²) >= 11 is 5.92. The Labute approximate surface area is 119 Å². The molecule has 19 heavy (non-hydrogen) atoms. The van der Waals surface area contributed by atoms with Gasteiger partial charge in [0, 0.05) is 18.1 Å². The Bertz CT molecular complexity index is 404. The van der Waals surface area contributed by atoms with Crippen LogP contribution in [0.2, 0.25) is 5.02 Å². The molecule has 1 aromatic rings. The van der Waals surface area contributed by atoms with Gasteiger partial charge in [-0.2, -0.15) is 0 Å². The first-order chi connectivity index (χ1) is 8.78. The van der Waals surface area contributed by atoms with Crippen molar-refractivity contribution in [3.8, 4) is 5.75 Å². The number of aliphatic hydroxyl groups excluding tert-OH is 1. The minimum absolute atomic E-state index is 0.194. The van der Waals surface area contributed by atoms with Crippen LogP contribution in [0.15, 0.2) is 18.2 Å². The minimum Gasteiger partial charge on any atom is -0.491 e. The highest BCUT2D eigenvalue weighted by molar-refractivity contribution is 6.31. The number of rotatable bonds is 7. The van der Waals surface area contributed by atoms with Gasteiger partial charge in [0.25, 0.3) is 0 Å². The van der Waals surface area contributed by atoms with Gasteiger partial charge in [-0.15, -0.1) is 0 Å². The number of hydrogen-bond acceptors (Lipinski definition) is 4. The highest BCUT2D eigenvalue weighted by atomic mass is 35.5. The van der Waals surface area contributed by atoms with Gasteiger partial charge in [0.05, 0.1) is 5.60 Å². The van der Waals surface area contributed by atoms with Gasteiger partial charge in [-0.05, 0) is 44.5 Å². The van der Waals surface area contributed by atoms with E-state index in [9.17, 15) is 10.2 Å². The molecule has 0 spiro atoms. The van der Waals surface area contributed by atoms with Crippen molar-refractivity contribution in [3.63, 3.8) is 0 Å². The molecule has 108 valence electrons. The molecule has 3 N–H and O–H groups in total. The van der Waals surface area contributed by atoms with Crippen molar-refractivity contribution >= 4 is 11.6 Å². The largest absolute Gasteiger partial charge is 0.491 e. The van der Waals surface area contributed by atoms with Crippen LogP contribution in [-0.4, -0.2) is 41.6 Å². The van der Waals surface area contributed by atoms with E-state index in [0.717, 1.165) is 5.56 Å². The Kier molecular flexibility index (Phi) is 6.07. The molecule has 0 amide bonds. The molecule has 1 unspecified atom stereocenters. The van der Waals surface area contributed by atoms with Crippen molar-refractivity contribution in [3.05, 3.63) is 28.8 Å². The average Bonchev–Trinajstić information content (AvgIpc) is 2.29. The maximum Gasteiger partial charge on any atom is 0.119 e. The summed E-state index contributed by atoms with van der Waals surface area (Å²) in [7, 11) is 0. The van der Waals surface area contributed by atoms with Gasteiger partial charge >= 0.3 is 0 Å². The van der Waals surface area contributed by atoms with Crippen LogP contribution in [0.25, 0.3) is 0 Å². The van der Waals surface area contributed by atoms with E-state index >= 15 is 0 Å². The molecule has 0 aliphatic carbocycles. The van der Waals surface area contributed by atoms with E-state index < -0.39 is 11.7 Å². The van der Waals surface area contributed by atoms with Crippen LogP contribution in [-0.2, 0) is 0 Å². The fourth-order valence-electron chi connectivity index (χ4n) is 1.50. The molecule has 0 aliphatic rings. The van der Waals surface area contributed by atoms with Gasteiger partial charge in [-0.1, -0.05) is 11.6 Å². The SMILES string of the molecule is Cc1cc(OCC(O)CNCC(C)(C)O)ccc1Cl. The number of hydrogen-bond donors (Lipinski definition) is 3. The Morgan fingerprint density at radius 3 is 2.68 bits per heavy atom. The van der Waals surface area contributed by atoms with Gasteiger partial charge in [-0.3, -0.25) is 0 Å². The van der Waals surface area contributed by atoms with Gasteiger partial charge < -0.3 is 20.3 Å². The third kappa shape index (κ3) is 6.78. The van der Waals surface area contributed by atoms with Gasteiger partial charge in [0.1, 0.15) is 18.5 Å². The van der Waals surface area contributed by atoms with Crippen molar-refractivity contribution in [1.29, 1.82) is 0 Å². The summed E-state index contributed by atoms with van der Waals surface area (Å²) in [5.41, 5.74) is 0.155. The topological polar surface area (TPSA) is 61.7 Å². The first-order valence-corrected chi connectivity index (χ1v) is 6.66. The predicted molar refractivity (Wildman–Crippen MR) is 76.9 cm³/mol. The van der Waals surface area contributed by atoms with Crippen molar-refractivity contribution in [2.45, 2.75) is 32.5 Å². The highest BCUT2D eigenvalue weighted by Gasteiger charge is 2.13. The summed E-state index contributed by atoms with van der Waals surface area (Å²) in [6.07, 6.45) is -0.627. The lowest BCUT2D eigenvalue weighted by Gasteiger charge is -2.19. The first-order valence-electron chi connectivity index (χ1n) is 6.28. The number of aliphatic hydroxyl groups is 2. The first kappa shape index (κ1) is 16.2. The Hall–Kier alpha value is -0.810. The molecule has 0 aliphatic heterocycles. The molecule has 1 aromatic carbocycles. The Balaban J connectivity index is 2.29.